The van der Waals surface area contributed by atoms with Crippen molar-refractivity contribution < 1.29 is 57.3 Å². The average Bonchev–Trinajstić information content (AvgIpc) is 3.70. The van der Waals surface area contributed by atoms with E-state index in [0.717, 1.165) is 78.3 Å². The van der Waals surface area contributed by atoms with Gasteiger partial charge in [0.05, 0.1) is 44.2 Å². The lowest BCUT2D eigenvalue weighted by Crippen LogP contribution is -2.67. The maximum atomic E-state index is 14.1. The van der Waals surface area contributed by atoms with Crippen LogP contribution in [0.3, 0.4) is 0 Å². The quantitative estimate of drug-likeness (QED) is 0.0423. The van der Waals surface area contributed by atoms with Gasteiger partial charge in [-0.1, -0.05) is 223 Å². The molecule has 446 valence electrons. The van der Waals surface area contributed by atoms with Gasteiger partial charge >= 0.3 is 6.09 Å². The molecule has 15 atom stereocenters. The second kappa shape index (κ2) is 30.0. The lowest BCUT2D eigenvalue weighted by atomic mass is 9.77. The van der Waals surface area contributed by atoms with Crippen molar-refractivity contribution in [3.05, 3.63) is 192 Å². The van der Waals surface area contributed by atoms with Crippen LogP contribution in [0.4, 0.5) is 4.79 Å². The van der Waals surface area contributed by atoms with E-state index in [1.54, 1.807) is 0 Å². The summed E-state index contributed by atoms with van der Waals surface area (Å²) in [5.74, 6) is 0.202. The standard InChI is InChI=1S/C70H89NO12/c1-8-39-75-69(74)71-61-65(80-58(49(6)72)42-51-25-15-10-16-26-51)62(73)60(45-78-70(55-31-21-13-22-32-55,56-33-23-14-24-34-56)57-37-35-46(3)36-38-57)82-67(61)81-59-41-47(4)40-54(9-2)64(59)83-68-66(77-44-53-29-19-12-20-30-53)63(48(5)50(7)79-68)76-43-52-27-17-11-18-28-52/h8,11-14,17-24,27-38,47-48,50-51,54,58-68,73H,1,9-10,15-16,25-26,39-45H2,2-7H3,(H,71,74)/t47?,48-,50?,54?,58+,59-,60+,61?,62+,63+,64-,65?,66?,67-,68+/m1/s1. The summed E-state index contributed by atoms with van der Waals surface area (Å²) < 4.78 is 62.8. The number of aliphatic hydroxyl groups is 1. The largest absolute Gasteiger partial charge is 0.445 e. The third-order valence-corrected chi connectivity index (χ3v) is 17.7. The smallest absolute Gasteiger partial charge is 0.407 e. The van der Waals surface area contributed by atoms with Crippen LogP contribution in [0.5, 0.6) is 0 Å². The molecule has 6 unspecified atom stereocenters. The molecule has 2 saturated heterocycles. The van der Waals surface area contributed by atoms with E-state index in [2.05, 4.69) is 82.9 Å². The Morgan fingerprint density at radius 2 is 1.29 bits per heavy atom. The summed E-state index contributed by atoms with van der Waals surface area (Å²) in [6.45, 7) is 16.3. The molecule has 2 N–H and O–H groups in total. The number of alkyl carbamates (subject to hydrolysis) is 1. The summed E-state index contributed by atoms with van der Waals surface area (Å²) in [5.41, 5.74) is 4.54. The predicted octanol–water partition coefficient (Wildman–Crippen LogP) is 12.8. The minimum atomic E-state index is -1.45. The predicted molar refractivity (Wildman–Crippen MR) is 319 cm³/mol. The number of carbonyl (C=O) groups is 2. The molecule has 13 heteroatoms. The van der Waals surface area contributed by atoms with Crippen LogP contribution in [-0.4, -0.2) is 104 Å². The highest BCUT2D eigenvalue weighted by Crippen LogP contribution is 2.44. The highest BCUT2D eigenvalue weighted by molar-refractivity contribution is 5.80. The van der Waals surface area contributed by atoms with Crippen molar-refractivity contribution >= 4 is 11.9 Å². The Hall–Kier alpha value is -5.58. The molecule has 0 radical (unpaired) electrons. The van der Waals surface area contributed by atoms with E-state index in [-0.39, 0.29) is 48.8 Å². The number of rotatable bonds is 25. The first-order chi connectivity index (χ1) is 40.3. The average molecular weight is 1140 g/mol. The van der Waals surface area contributed by atoms with E-state index in [9.17, 15) is 14.7 Å². The first-order valence-electron chi connectivity index (χ1n) is 30.5. The Morgan fingerprint density at radius 3 is 1.87 bits per heavy atom. The summed E-state index contributed by atoms with van der Waals surface area (Å²) in [5, 5.41) is 16.1. The van der Waals surface area contributed by atoms with Crippen molar-refractivity contribution in [2.24, 2.45) is 23.7 Å². The lowest BCUT2D eigenvalue weighted by Gasteiger charge is -2.50. The maximum absolute atomic E-state index is 14.1. The molecular weight excluding hydrogens is 1050 g/mol. The number of benzene rings is 5. The van der Waals surface area contributed by atoms with Crippen LogP contribution in [0.1, 0.15) is 126 Å². The third kappa shape index (κ3) is 15.7. The maximum Gasteiger partial charge on any atom is 0.407 e. The summed E-state index contributed by atoms with van der Waals surface area (Å²) in [7, 11) is 0. The normalized spacial score (nSPS) is 29.1. The zero-order valence-electron chi connectivity index (χ0n) is 49.5. The first kappa shape index (κ1) is 62.0. The lowest BCUT2D eigenvalue weighted by molar-refractivity contribution is -0.343. The van der Waals surface area contributed by atoms with Gasteiger partial charge in [-0.25, -0.2) is 4.79 Å². The third-order valence-electron chi connectivity index (χ3n) is 17.7. The van der Waals surface area contributed by atoms with Gasteiger partial charge < -0.3 is 53.1 Å². The molecule has 2 aliphatic heterocycles. The van der Waals surface area contributed by atoms with Crippen molar-refractivity contribution in [2.75, 3.05) is 13.2 Å². The molecule has 2 aliphatic carbocycles. The van der Waals surface area contributed by atoms with E-state index in [1.165, 1.54) is 13.0 Å². The van der Waals surface area contributed by atoms with Gasteiger partial charge in [0.15, 0.2) is 18.4 Å². The van der Waals surface area contributed by atoms with Crippen molar-refractivity contribution in [3.8, 4) is 0 Å². The number of nitrogens with one attached hydrogen (secondary N) is 1. The van der Waals surface area contributed by atoms with Crippen molar-refractivity contribution in [1.82, 2.24) is 5.32 Å². The highest BCUT2D eigenvalue weighted by Gasteiger charge is 2.54. The van der Waals surface area contributed by atoms with Gasteiger partial charge in [-0.3, -0.25) is 4.79 Å². The molecule has 4 fully saturated rings. The Kier molecular flexibility index (Phi) is 22.4. The topological polar surface area (TPSA) is 149 Å². The molecule has 2 heterocycles. The van der Waals surface area contributed by atoms with Crippen LogP contribution in [0, 0.1) is 30.6 Å². The zero-order valence-corrected chi connectivity index (χ0v) is 49.5. The van der Waals surface area contributed by atoms with Crippen LogP contribution >= 0.6 is 0 Å². The van der Waals surface area contributed by atoms with E-state index < -0.39 is 79.1 Å². The molecular formula is C70H89NO12. The van der Waals surface area contributed by atoms with Crippen LogP contribution < -0.4 is 5.32 Å². The van der Waals surface area contributed by atoms with Gasteiger partial charge in [-0.2, -0.15) is 0 Å². The van der Waals surface area contributed by atoms with Gasteiger partial charge in [0.2, 0.25) is 0 Å². The van der Waals surface area contributed by atoms with Crippen LogP contribution in [0.2, 0.25) is 0 Å². The molecule has 4 aliphatic rings. The first-order valence-corrected chi connectivity index (χ1v) is 30.5. The second-order valence-corrected chi connectivity index (χ2v) is 23.7. The molecule has 5 aromatic rings. The van der Waals surface area contributed by atoms with Crippen molar-refractivity contribution in [2.45, 2.75) is 192 Å². The number of aryl methyl sites for hydroxylation is 1. The fourth-order valence-corrected chi connectivity index (χ4v) is 13.0. The molecule has 2 saturated carbocycles. The molecule has 9 rings (SSSR count). The van der Waals surface area contributed by atoms with E-state index in [0.29, 0.717) is 26.1 Å². The summed E-state index contributed by atoms with van der Waals surface area (Å²) in [6, 6.07) is 47.4. The number of ether oxygens (including phenoxy) is 9. The zero-order chi connectivity index (χ0) is 58.3. The fraction of sp³-hybridized carbons (Fsp3) is 0.514. The molecule has 13 nitrogen and oxygen atoms in total. The number of hydrogen-bond acceptors (Lipinski definition) is 12. The van der Waals surface area contributed by atoms with E-state index in [4.69, 9.17) is 42.6 Å². The number of amides is 1. The SMILES string of the molecule is C=CCOC(=O)NC1C(O[C@@H](CC2CCCCC2)C(C)=O)[C@@H](O)[C@H](COC(c2ccccc2)(c2ccccc2)c2ccc(C)cc2)O[C@H]1O[C@@H]1CC(C)CC(CC)[C@H]1O[C@@H]1OC(C)[C@@H](C)[C@H](OCc2ccccc2)C1OCc1ccccc1. The highest BCUT2D eigenvalue weighted by atomic mass is 16.7. The van der Waals surface area contributed by atoms with E-state index >= 15 is 0 Å². The Balaban J connectivity index is 1.10. The monoisotopic (exact) mass is 1140 g/mol. The number of hydrogen-bond donors (Lipinski definition) is 2. The number of carbonyl (C=O) groups excluding carboxylic acids is 2. The van der Waals surface area contributed by atoms with Crippen molar-refractivity contribution in [3.63, 3.8) is 0 Å². The van der Waals surface area contributed by atoms with Gasteiger partial charge in [0.25, 0.3) is 0 Å². The minimum absolute atomic E-state index is 0.00533. The molecule has 5 aromatic carbocycles. The molecule has 0 aromatic heterocycles. The van der Waals surface area contributed by atoms with Crippen LogP contribution in [0.15, 0.2) is 158 Å². The van der Waals surface area contributed by atoms with Crippen molar-refractivity contribution in [1.29, 1.82) is 0 Å². The second-order valence-electron chi connectivity index (χ2n) is 23.7. The summed E-state index contributed by atoms with van der Waals surface area (Å²) in [6.07, 6.45) is -0.876. The molecule has 1 amide bonds. The number of Topliss-reactive ketones (excluding diaryl/α,β-unsaturated/α-hetero) is 1. The van der Waals surface area contributed by atoms with Gasteiger partial charge in [-0.15, -0.1) is 0 Å². The van der Waals surface area contributed by atoms with Gasteiger partial charge in [-0.05, 0) is 85.6 Å². The van der Waals surface area contributed by atoms with E-state index in [1.807, 2.05) is 109 Å². The molecule has 83 heavy (non-hydrogen) atoms. The molecule has 0 spiro atoms. The van der Waals surface area contributed by atoms with Crippen LogP contribution in [-0.2, 0) is 66.2 Å². The number of aliphatic hydroxyl groups excluding tert-OH is 1. The Labute approximate surface area is 492 Å². The minimum Gasteiger partial charge on any atom is -0.445 e. The Morgan fingerprint density at radius 1 is 0.711 bits per heavy atom. The Bertz CT molecular complexity index is 2710. The number of ketones is 1. The van der Waals surface area contributed by atoms with Crippen LogP contribution in [0.25, 0.3) is 0 Å². The van der Waals surface area contributed by atoms with Gasteiger partial charge in [0, 0.05) is 5.92 Å². The molecule has 0 bridgehead atoms. The van der Waals surface area contributed by atoms with Gasteiger partial charge in [0.1, 0.15) is 48.8 Å². The summed E-state index contributed by atoms with van der Waals surface area (Å²) >= 11 is 0. The summed E-state index contributed by atoms with van der Waals surface area (Å²) in [4.78, 5) is 28.0. The fourth-order valence-electron chi connectivity index (χ4n) is 13.0.